The molecular weight excluding hydrogens is 376 g/mol. The Kier molecular flexibility index (Phi) is 7.35. The summed E-state index contributed by atoms with van der Waals surface area (Å²) in [7, 11) is 0. The highest BCUT2D eigenvalue weighted by molar-refractivity contribution is 5.94. The second-order valence-electron chi connectivity index (χ2n) is 7.23. The molecule has 0 fully saturated rings. The first kappa shape index (κ1) is 21.3. The Morgan fingerprint density at radius 2 is 1.57 bits per heavy atom. The maximum absolute atomic E-state index is 12.4. The standard InChI is InChI=1S/C25H26N2O3/c26-23(25(29)30)17-18-12-14-21(15-13-18)24(28)27-16-6-10-20-9-4-5-11-22(20)19-7-2-1-3-8-19/h1-5,7-9,11-15,23H,6,10,16-17,26H2,(H,27,28)(H,29,30)/t23-/m0/s1. The van der Waals surface area contributed by atoms with Gasteiger partial charge in [0.2, 0.25) is 0 Å². The van der Waals surface area contributed by atoms with E-state index in [-0.39, 0.29) is 12.3 Å². The predicted octanol–water partition coefficient (Wildman–Crippen LogP) is 3.67. The van der Waals surface area contributed by atoms with Gasteiger partial charge in [-0.1, -0.05) is 66.7 Å². The fourth-order valence-electron chi connectivity index (χ4n) is 3.35. The first-order chi connectivity index (χ1) is 14.5. The van der Waals surface area contributed by atoms with Crippen molar-refractivity contribution >= 4 is 11.9 Å². The van der Waals surface area contributed by atoms with E-state index in [0.717, 1.165) is 18.4 Å². The zero-order valence-corrected chi connectivity index (χ0v) is 16.8. The molecule has 3 rings (SSSR count). The quantitative estimate of drug-likeness (QED) is 0.476. The molecule has 4 N–H and O–H groups in total. The zero-order valence-electron chi connectivity index (χ0n) is 16.8. The summed E-state index contributed by atoms with van der Waals surface area (Å²) in [5, 5.41) is 11.8. The van der Waals surface area contributed by atoms with Crippen LogP contribution in [0.4, 0.5) is 0 Å². The molecule has 0 bridgehead atoms. The highest BCUT2D eigenvalue weighted by Crippen LogP contribution is 2.24. The van der Waals surface area contributed by atoms with Gasteiger partial charge >= 0.3 is 5.97 Å². The lowest BCUT2D eigenvalue weighted by atomic mass is 9.97. The topological polar surface area (TPSA) is 92.4 Å². The third kappa shape index (κ3) is 5.78. The Bertz CT molecular complexity index is 985. The largest absolute Gasteiger partial charge is 0.480 e. The first-order valence-corrected chi connectivity index (χ1v) is 10.0. The van der Waals surface area contributed by atoms with E-state index in [4.69, 9.17) is 10.8 Å². The predicted molar refractivity (Wildman–Crippen MR) is 118 cm³/mol. The second-order valence-corrected chi connectivity index (χ2v) is 7.23. The smallest absolute Gasteiger partial charge is 0.320 e. The van der Waals surface area contributed by atoms with Crippen LogP contribution in [0.25, 0.3) is 11.1 Å². The van der Waals surface area contributed by atoms with Crippen molar-refractivity contribution in [2.24, 2.45) is 5.73 Å². The van der Waals surface area contributed by atoms with Gasteiger partial charge in [0.05, 0.1) is 0 Å². The van der Waals surface area contributed by atoms with Crippen molar-refractivity contribution in [2.45, 2.75) is 25.3 Å². The zero-order chi connectivity index (χ0) is 21.3. The van der Waals surface area contributed by atoms with Gasteiger partial charge < -0.3 is 16.2 Å². The van der Waals surface area contributed by atoms with Crippen molar-refractivity contribution < 1.29 is 14.7 Å². The first-order valence-electron chi connectivity index (χ1n) is 10.0. The van der Waals surface area contributed by atoms with Gasteiger partial charge in [-0.25, -0.2) is 0 Å². The van der Waals surface area contributed by atoms with Crippen LogP contribution in [-0.2, 0) is 17.6 Å². The Balaban J connectivity index is 1.50. The number of benzene rings is 3. The van der Waals surface area contributed by atoms with Crippen LogP contribution in [0.3, 0.4) is 0 Å². The van der Waals surface area contributed by atoms with E-state index < -0.39 is 12.0 Å². The summed E-state index contributed by atoms with van der Waals surface area (Å²) in [5.41, 5.74) is 10.6. The average molecular weight is 402 g/mol. The van der Waals surface area contributed by atoms with Gasteiger partial charge in [-0.2, -0.15) is 0 Å². The Labute approximate surface area is 176 Å². The van der Waals surface area contributed by atoms with Crippen LogP contribution in [0.15, 0.2) is 78.9 Å². The number of aryl methyl sites for hydroxylation is 1. The average Bonchev–Trinajstić information content (AvgIpc) is 2.78. The normalized spacial score (nSPS) is 11.6. The number of hydrogen-bond donors (Lipinski definition) is 3. The molecule has 30 heavy (non-hydrogen) atoms. The van der Waals surface area contributed by atoms with Crippen LogP contribution in [0.2, 0.25) is 0 Å². The van der Waals surface area contributed by atoms with Gasteiger partial charge in [0.1, 0.15) is 6.04 Å². The molecule has 0 unspecified atom stereocenters. The summed E-state index contributed by atoms with van der Waals surface area (Å²) in [6.07, 6.45) is 1.94. The lowest BCUT2D eigenvalue weighted by Crippen LogP contribution is -2.32. The summed E-state index contributed by atoms with van der Waals surface area (Å²) in [4.78, 5) is 23.2. The third-order valence-electron chi connectivity index (χ3n) is 5.00. The van der Waals surface area contributed by atoms with Crippen molar-refractivity contribution in [3.8, 4) is 11.1 Å². The van der Waals surface area contributed by atoms with Crippen LogP contribution in [0.1, 0.15) is 27.9 Å². The summed E-state index contributed by atoms with van der Waals surface area (Å²) >= 11 is 0. The van der Waals surface area contributed by atoms with Crippen molar-refractivity contribution in [1.82, 2.24) is 5.32 Å². The molecule has 1 amide bonds. The molecule has 5 nitrogen and oxygen atoms in total. The van der Waals surface area contributed by atoms with Crippen molar-refractivity contribution in [3.05, 3.63) is 95.6 Å². The molecule has 0 radical (unpaired) electrons. The molecule has 0 saturated heterocycles. The fourth-order valence-corrected chi connectivity index (χ4v) is 3.35. The molecule has 0 aliphatic heterocycles. The van der Waals surface area contributed by atoms with Crippen LogP contribution in [0.5, 0.6) is 0 Å². The summed E-state index contributed by atoms with van der Waals surface area (Å²) in [5.74, 6) is -1.17. The third-order valence-corrected chi connectivity index (χ3v) is 5.00. The molecule has 0 aliphatic carbocycles. The SMILES string of the molecule is N[C@@H](Cc1ccc(C(=O)NCCCc2ccccc2-c2ccccc2)cc1)C(=O)O. The number of nitrogens with two attached hydrogens (primary N) is 1. The van der Waals surface area contributed by atoms with Gasteiger partial charge in [-0.05, 0) is 53.6 Å². The molecule has 0 aliphatic rings. The summed E-state index contributed by atoms with van der Waals surface area (Å²) < 4.78 is 0. The van der Waals surface area contributed by atoms with Crippen molar-refractivity contribution in [1.29, 1.82) is 0 Å². The molecule has 0 saturated carbocycles. The highest BCUT2D eigenvalue weighted by atomic mass is 16.4. The van der Waals surface area contributed by atoms with E-state index in [9.17, 15) is 9.59 Å². The van der Waals surface area contributed by atoms with Gasteiger partial charge in [0, 0.05) is 12.1 Å². The number of hydrogen-bond acceptors (Lipinski definition) is 3. The number of carbonyl (C=O) groups is 2. The maximum Gasteiger partial charge on any atom is 0.320 e. The van der Waals surface area contributed by atoms with Gasteiger partial charge in [0.15, 0.2) is 0 Å². The minimum Gasteiger partial charge on any atom is -0.480 e. The lowest BCUT2D eigenvalue weighted by Gasteiger charge is -2.11. The van der Waals surface area contributed by atoms with Crippen LogP contribution < -0.4 is 11.1 Å². The van der Waals surface area contributed by atoms with E-state index in [1.807, 2.05) is 30.3 Å². The minimum atomic E-state index is -1.04. The molecule has 0 heterocycles. The Hall–Kier alpha value is -3.44. The van der Waals surface area contributed by atoms with Gasteiger partial charge in [-0.15, -0.1) is 0 Å². The second kappa shape index (κ2) is 10.4. The number of carboxylic acids is 1. The highest BCUT2D eigenvalue weighted by Gasteiger charge is 2.12. The van der Waals surface area contributed by atoms with E-state index in [2.05, 4.69) is 29.6 Å². The lowest BCUT2D eigenvalue weighted by molar-refractivity contribution is -0.138. The minimum absolute atomic E-state index is 0.138. The van der Waals surface area contributed by atoms with Crippen LogP contribution in [0, 0.1) is 0 Å². The molecule has 0 spiro atoms. The van der Waals surface area contributed by atoms with Gasteiger partial charge in [-0.3, -0.25) is 9.59 Å². The molecule has 3 aromatic rings. The maximum atomic E-state index is 12.4. The van der Waals surface area contributed by atoms with Crippen molar-refractivity contribution in [3.63, 3.8) is 0 Å². The molecule has 3 aromatic carbocycles. The number of carbonyl (C=O) groups excluding carboxylic acids is 1. The number of aliphatic carboxylic acids is 1. The van der Waals surface area contributed by atoms with Gasteiger partial charge in [0.25, 0.3) is 5.91 Å². The molecule has 5 heteroatoms. The van der Waals surface area contributed by atoms with E-state index >= 15 is 0 Å². The summed E-state index contributed by atoms with van der Waals surface area (Å²) in [6, 6.07) is 24.6. The van der Waals surface area contributed by atoms with E-state index in [1.165, 1.54) is 16.7 Å². The summed E-state index contributed by atoms with van der Waals surface area (Å²) in [6.45, 7) is 0.577. The number of rotatable bonds is 9. The van der Waals surface area contributed by atoms with E-state index in [1.54, 1.807) is 24.3 Å². The fraction of sp³-hybridized carbons (Fsp3) is 0.200. The van der Waals surface area contributed by atoms with Crippen LogP contribution in [-0.4, -0.2) is 29.6 Å². The van der Waals surface area contributed by atoms with Crippen LogP contribution >= 0.6 is 0 Å². The molecule has 0 aromatic heterocycles. The number of amides is 1. The Morgan fingerprint density at radius 3 is 2.27 bits per heavy atom. The van der Waals surface area contributed by atoms with Crippen molar-refractivity contribution in [2.75, 3.05) is 6.54 Å². The molecular formula is C25H26N2O3. The molecule has 1 atom stereocenters. The number of nitrogens with one attached hydrogen (secondary N) is 1. The van der Waals surface area contributed by atoms with E-state index in [0.29, 0.717) is 12.1 Å². The monoisotopic (exact) mass is 402 g/mol. The molecule has 154 valence electrons. The number of carboxylic acid groups (broad SMARTS) is 1. The Morgan fingerprint density at radius 1 is 0.900 bits per heavy atom.